The molecule has 0 saturated carbocycles. The fourth-order valence-electron chi connectivity index (χ4n) is 2.60. The minimum Gasteiger partial charge on any atom is -0.338 e. The summed E-state index contributed by atoms with van der Waals surface area (Å²) >= 11 is 0.575. The van der Waals surface area contributed by atoms with Gasteiger partial charge in [-0.25, -0.2) is 0 Å². The maximum absolute atomic E-state index is 13.8. The van der Waals surface area contributed by atoms with E-state index in [9.17, 15) is 36.4 Å². The van der Waals surface area contributed by atoms with Gasteiger partial charge in [0, 0.05) is 17.3 Å². The van der Waals surface area contributed by atoms with Crippen molar-refractivity contribution in [2.75, 3.05) is 5.32 Å². The quantitative estimate of drug-likeness (QED) is 0.533. The van der Waals surface area contributed by atoms with Gasteiger partial charge in [0.1, 0.15) is 11.1 Å². The second-order valence-corrected chi connectivity index (χ2v) is 7.10. The molecule has 0 unspecified atom stereocenters. The van der Waals surface area contributed by atoms with Gasteiger partial charge in [0.25, 0.3) is 5.91 Å². The lowest BCUT2D eigenvalue weighted by molar-refractivity contribution is -0.293. The maximum Gasteiger partial charge on any atom is 0.439 e. The number of carbonyl (C=O) groups excluding carboxylic acids is 1. The van der Waals surface area contributed by atoms with Gasteiger partial charge in [-0.1, -0.05) is 6.92 Å². The Morgan fingerprint density at radius 3 is 2.31 bits per heavy atom. The highest BCUT2D eigenvalue weighted by atomic mass is 32.1. The van der Waals surface area contributed by atoms with E-state index in [0.29, 0.717) is 21.8 Å². The summed E-state index contributed by atoms with van der Waals surface area (Å²) in [5.74, 6) is -1.64. The Hall–Kier alpha value is -2.81. The molecular formula is C17H14F6N4OS. The third-order valence-electron chi connectivity index (χ3n) is 4.05. The van der Waals surface area contributed by atoms with Crippen LogP contribution in [0.4, 0.5) is 31.3 Å². The second kappa shape index (κ2) is 7.90. The molecule has 156 valence electrons. The fourth-order valence-corrected chi connectivity index (χ4v) is 3.75. The highest BCUT2D eigenvalue weighted by Crippen LogP contribution is 2.46. The zero-order chi connectivity index (χ0) is 22.0. The third kappa shape index (κ3) is 4.14. The third-order valence-corrected chi connectivity index (χ3v) is 5.11. The number of aryl methyl sites for hydroxylation is 1. The van der Waals surface area contributed by atoms with Crippen molar-refractivity contribution in [2.24, 2.45) is 0 Å². The predicted octanol–water partition coefficient (Wildman–Crippen LogP) is 4.55. The van der Waals surface area contributed by atoms with Crippen LogP contribution >= 0.6 is 11.3 Å². The molecule has 2 aromatic rings. The Morgan fingerprint density at radius 2 is 1.86 bits per heavy atom. The molecule has 0 radical (unpaired) electrons. The number of rotatable bonds is 5. The number of thiophene rings is 1. The molecule has 2 aromatic heterocycles. The Bertz CT molecular complexity index is 916. The van der Waals surface area contributed by atoms with Crippen LogP contribution in [0.15, 0.2) is 24.5 Å². The van der Waals surface area contributed by atoms with Gasteiger partial charge in [-0.05, 0) is 31.0 Å². The van der Waals surface area contributed by atoms with Gasteiger partial charge in [-0.3, -0.25) is 9.78 Å². The molecule has 0 aliphatic carbocycles. The molecule has 0 saturated heterocycles. The van der Waals surface area contributed by atoms with Crippen molar-refractivity contribution in [3.05, 3.63) is 46.1 Å². The maximum atomic E-state index is 13.8. The van der Waals surface area contributed by atoms with Gasteiger partial charge in [0.2, 0.25) is 0 Å². The van der Waals surface area contributed by atoms with E-state index in [0.717, 1.165) is 17.6 Å². The molecule has 0 bridgehead atoms. The van der Waals surface area contributed by atoms with Gasteiger partial charge >= 0.3 is 18.0 Å². The Labute approximate surface area is 165 Å². The lowest BCUT2D eigenvalue weighted by Crippen LogP contribution is -2.72. The van der Waals surface area contributed by atoms with Crippen LogP contribution in [0.5, 0.6) is 0 Å². The van der Waals surface area contributed by atoms with E-state index in [1.807, 2.05) is 0 Å². The average molecular weight is 436 g/mol. The van der Waals surface area contributed by atoms with Crippen molar-refractivity contribution in [1.29, 1.82) is 5.26 Å². The summed E-state index contributed by atoms with van der Waals surface area (Å²) in [5.41, 5.74) is -5.31. The minimum atomic E-state index is -5.99. The highest BCUT2D eigenvalue weighted by Gasteiger charge is 2.73. The van der Waals surface area contributed by atoms with E-state index < -0.39 is 34.5 Å². The zero-order valence-electron chi connectivity index (χ0n) is 15.0. The number of carbonyl (C=O) groups is 1. The summed E-state index contributed by atoms with van der Waals surface area (Å²) in [4.78, 5) is 16.1. The van der Waals surface area contributed by atoms with E-state index in [2.05, 4.69) is 4.98 Å². The van der Waals surface area contributed by atoms with Crippen LogP contribution in [0.25, 0.3) is 0 Å². The van der Waals surface area contributed by atoms with Crippen LogP contribution in [0.3, 0.4) is 0 Å². The molecule has 0 aliphatic rings. The highest BCUT2D eigenvalue weighted by molar-refractivity contribution is 7.16. The first-order valence-electron chi connectivity index (χ1n) is 8.04. The van der Waals surface area contributed by atoms with Crippen molar-refractivity contribution < 1.29 is 31.1 Å². The SMILES string of the molecule is CCc1c(C)sc(NC(NC(=O)c2cccnc2)(C(F)(F)F)C(F)(F)F)c1C#N. The van der Waals surface area contributed by atoms with Crippen LogP contribution in [-0.4, -0.2) is 28.9 Å². The van der Waals surface area contributed by atoms with Crippen LogP contribution < -0.4 is 10.6 Å². The number of nitriles is 1. The Morgan fingerprint density at radius 1 is 1.24 bits per heavy atom. The monoisotopic (exact) mass is 436 g/mol. The van der Waals surface area contributed by atoms with Crippen LogP contribution in [0, 0.1) is 18.3 Å². The van der Waals surface area contributed by atoms with Gasteiger partial charge in [0.15, 0.2) is 0 Å². The van der Waals surface area contributed by atoms with Crippen LogP contribution in [0.1, 0.15) is 33.3 Å². The topological polar surface area (TPSA) is 77.8 Å². The molecule has 12 heteroatoms. The number of halogens is 6. The standard InChI is InChI=1S/C17H14F6N4OS/c1-3-11-9(2)29-14(12(11)7-24)27-15(16(18,19)20,17(21,22)23)26-13(28)10-5-4-6-25-8-10/h4-6,8,27H,3H2,1-2H3,(H,26,28). The summed E-state index contributed by atoms with van der Waals surface area (Å²) in [6.45, 7) is 3.09. The molecule has 0 atom stereocenters. The zero-order valence-corrected chi connectivity index (χ0v) is 15.8. The van der Waals surface area contributed by atoms with Crippen molar-refractivity contribution >= 4 is 22.2 Å². The van der Waals surface area contributed by atoms with Crippen molar-refractivity contribution in [2.45, 2.75) is 38.3 Å². The fraction of sp³-hybridized carbons (Fsp3) is 0.353. The van der Waals surface area contributed by atoms with Gasteiger partial charge in [-0.15, -0.1) is 11.3 Å². The smallest absolute Gasteiger partial charge is 0.338 e. The van der Waals surface area contributed by atoms with E-state index in [1.165, 1.54) is 24.5 Å². The number of nitrogens with one attached hydrogen (secondary N) is 2. The average Bonchev–Trinajstić information content (AvgIpc) is 2.93. The first-order valence-corrected chi connectivity index (χ1v) is 8.86. The van der Waals surface area contributed by atoms with Crippen LogP contribution in [0.2, 0.25) is 0 Å². The largest absolute Gasteiger partial charge is 0.439 e. The lowest BCUT2D eigenvalue weighted by atomic mass is 10.1. The van der Waals surface area contributed by atoms with E-state index in [-0.39, 0.29) is 12.0 Å². The Balaban J connectivity index is 2.63. The number of alkyl halides is 6. The van der Waals surface area contributed by atoms with Crippen LogP contribution in [-0.2, 0) is 6.42 Å². The Kier molecular flexibility index (Phi) is 6.13. The number of aromatic nitrogens is 1. The molecule has 2 rings (SSSR count). The molecule has 1 amide bonds. The molecule has 0 aliphatic heterocycles. The predicted molar refractivity (Wildman–Crippen MR) is 93.3 cm³/mol. The lowest BCUT2D eigenvalue weighted by Gasteiger charge is -2.38. The van der Waals surface area contributed by atoms with Gasteiger partial charge in [0.05, 0.1) is 11.1 Å². The molecule has 2 heterocycles. The van der Waals surface area contributed by atoms with Crippen molar-refractivity contribution in [3.63, 3.8) is 0 Å². The second-order valence-electron chi connectivity index (χ2n) is 5.87. The summed E-state index contributed by atoms with van der Waals surface area (Å²) in [5, 5.41) is 11.0. The molecule has 0 aromatic carbocycles. The molecular weight excluding hydrogens is 422 g/mol. The first-order chi connectivity index (χ1) is 13.4. The number of nitrogens with zero attached hydrogens (tertiary/aromatic N) is 2. The van der Waals surface area contributed by atoms with E-state index in [1.54, 1.807) is 13.0 Å². The molecule has 29 heavy (non-hydrogen) atoms. The van der Waals surface area contributed by atoms with Gasteiger partial charge in [-0.2, -0.15) is 31.6 Å². The summed E-state index contributed by atoms with van der Waals surface area (Å²) in [7, 11) is 0. The molecule has 0 spiro atoms. The van der Waals surface area contributed by atoms with E-state index in [4.69, 9.17) is 0 Å². The number of hydrogen-bond donors (Lipinski definition) is 2. The minimum absolute atomic E-state index is 0.236. The molecule has 5 nitrogen and oxygen atoms in total. The normalized spacial score (nSPS) is 12.4. The first kappa shape index (κ1) is 22.5. The number of hydrogen-bond acceptors (Lipinski definition) is 5. The number of pyridine rings is 1. The van der Waals surface area contributed by atoms with Crippen molar-refractivity contribution in [1.82, 2.24) is 10.3 Å². The summed E-state index contributed by atoms with van der Waals surface area (Å²) < 4.78 is 82.6. The molecule has 0 fully saturated rings. The van der Waals surface area contributed by atoms with Crippen molar-refractivity contribution in [3.8, 4) is 6.07 Å². The molecule has 2 N–H and O–H groups in total. The van der Waals surface area contributed by atoms with Gasteiger partial charge < -0.3 is 10.6 Å². The van der Waals surface area contributed by atoms with E-state index >= 15 is 0 Å². The number of anilines is 1. The number of amides is 1. The summed E-state index contributed by atoms with van der Waals surface area (Å²) in [6.07, 6.45) is -9.70. The summed E-state index contributed by atoms with van der Waals surface area (Å²) in [6, 6.07) is 3.85.